The molecule has 2 heterocycles. The van der Waals surface area contributed by atoms with E-state index in [9.17, 15) is 14.4 Å². The van der Waals surface area contributed by atoms with Crippen LogP contribution in [0.4, 0.5) is 9.80 Å². The number of thiophene rings is 1. The third kappa shape index (κ3) is 3.91. The maximum atomic E-state index is 13.5. The van der Waals surface area contributed by atoms with Gasteiger partial charge in [-0.2, -0.15) is 5.26 Å². The van der Waals surface area contributed by atoms with Gasteiger partial charge in [-0.3, -0.25) is 14.5 Å². The van der Waals surface area contributed by atoms with Crippen molar-refractivity contribution < 1.29 is 14.4 Å². The molecule has 0 spiro atoms. The smallest absolute Gasteiger partial charge is 0.319 e. The van der Waals surface area contributed by atoms with Crippen molar-refractivity contribution in [2.75, 3.05) is 11.9 Å². The molecule has 2 aromatic carbocycles. The Kier molecular flexibility index (Phi) is 5.52. The fourth-order valence-corrected chi connectivity index (χ4v) is 4.37. The zero-order valence-electron chi connectivity index (χ0n) is 16.4. The number of nitrogens with zero attached hydrogens (tertiary/aromatic N) is 2. The number of amides is 4. The minimum atomic E-state index is -1.30. The summed E-state index contributed by atoms with van der Waals surface area (Å²) in [5.74, 6) is -1.04. The highest BCUT2D eigenvalue weighted by Crippen LogP contribution is 2.33. The van der Waals surface area contributed by atoms with Crippen molar-refractivity contribution in [1.82, 2.24) is 10.2 Å². The van der Waals surface area contributed by atoms with Crippen molar-refractivity contribution in [1.29, 1.82) is 5.26 Å². The molecule has 1 atom stereocenters. The fourth-order valence-electron chi connectivity index (χ4n) is 3.62. The van der Waals surface area contributed by atoms with Crippen LogP contribution in [0.15, 0.2) is 72.1 Å². The summed E-state index contributed by atoms with van der Waals surface area (Å²) in [6.07, 6.45) is 0.254. The van der Waals surface area contributed by atoms with E-state index in [-0.39, 0.29) is 6.42 Å². The van der Waals surface area contributed by atoms with E-state index in [2.05, 4.69) is 10.6 Å². The third-order valence-corrected chi connectivity index (χ3v) is 5.92. The number of imide groups is 1. The number of anilines is 1. The van der Waals surface area contributed by atoms with E-state index >= 15 is 0 Å². The summed E-state index contributed by atoms with van der Waals surface area (Å²) in [7, 11) is 0. The van der Waals surface area contributed by atoms with Gasteiger partial charge in [-0.25, -0.2) is 4.79 Å². The summed E-state index contributed by atoms with van der Waals surface area (Å²) in [4.78, 5) is 39.8. The lowest BCUT2D eigenvalue weighted by Crippen LogP contribution is -2.46. The molecule has 0 bridgehead atoms. The zero-order valence-corrected chi connectivity index (χ0v) is 17.2. The van der Waals surface area contributed by atoms with Gasteiger partial charge in [0.15, 0.2) is 5.54 Å². The molecule has 1 aliphatic rings. The molecule has 154 valence electrons. The maximum absolute atomic E-state index is 13.5. The Bertz CT molecular complexity index is 1170. The molecule has 1 aliphatic heterocycles. The van der Waals surface area contributed by atoms with Crippen molar-refractivity contribution in [3.8, 4) is 6.07 Å². The second-order valence-electron chi connectivity index (χ2n) is 7.08. The molecule has 8 heteroatoms. The molecule has 7 nitrogen and oxygen atoms in total. The molecule has 3 aromatic rings. The van der Waals surface area contributed by atoms with Gasteiger partial charge in [-0.1, -0.05) is 60.7 Å². The van der Waals surface area contributed by atoms with Gasteiger partial charge in [-0.15, -0.1) is 11.3 Å². The van der Waals surface area contributed by atoms with E-state index in [1.165, 1.54) is 11.3 Å². The molecule has 1 aromatic heterocycles. The van der Waals surface area contributed by atoms with E-state index in [1.54, 1.807) is 35.7 Å². The van der Waals surface area contributed by atoms with E-state index in [0.29, 0.717) is 16.1 Å². The summed E-state index contributed by atoms with van der Waals surface area (Å²) < 4.78 is 0. The van der Waals surface area contributed by atoms with Gasteiger partial charge < -0.3 is 10.6 Å². The summed E-state index contributed by atoms with van der Waals surface area (Å²) in [5, 5.41) is 16.6. The van der Waals surface area contributed by atoms with E-state index < -0.39 is 29.9 Å². The molecule has 0 saturated carbocycles. The van der Waals surface area contributed by atoms with Crippen molar-refractivity contribution in [2.24, 2.45) is 0 Å². The number of rotatable bonds is 6. The first-order valence-electron chi connectivity index (χ1n) is 9.54. The minimum absolute atomic E-state index is 0.254. The average molecular weight is 430 g/mol. The van der Waals surface area contributed by atoms with Gasteiger partial charge >= 0.3 is 6.03 Å². The highest BCUT2D eigenvalue weighted by molar-refractivity contribution is 7.14. The third-order valence-electron chi connectivity index (χ3n) is 5.09. The number of hydrogen-bond donors (Lipinski definition) is 2. The van der Waals surface area contributed by atoms with Gasteiger partial charge in [0.05, 0.1) is 5.56 Å². The quantitative estimate of drug-likeness (QED) is 0.586. The van der Waals surface area contributed by atoms with Crippen LogP contribution >= 0.6 is 11.3 Å². The van der Waals surface area contributed by atoms with Crippen LogP contribution in [0.2, 0.25) is 0 Å². The summed E-state index contributed by atoms with van der Waals surface area (Å²) in [6.45, 7) is -0.448. The van der Waals surface area contributed by atoms with Crippen molar-refractivity contribution in [2.45, 2.75) is 12.0 Å². The largest absolute Gasteiger partial charge is 0.325 e. The van der Waals surface area contributed by atoms with Gasteiger partial charge in [-0.05, 0) is 22.6 Å². The maximum Gasteiger partial charge on any atom is 0.325 e. The Morgan fingerprint density at radius 2 is 1.74 bits per heavy atom. The normalized spacial score (nSPS) is 17.8. The fraction of sp³-hybridized carbons (Fsp3) is 0.130. The van der Waals surface area contributed by atoms with E-state index in [0.717, 1.165) is 10.5 Å². The Hall–Kier alpha value is -3.96. The number of nitriles is 1. The molecule has 2 N–H and O–H groups in total. The van der Waals surface area contributed by atoms with Crippen LogP contribution in [-0.2, 0) is 21.5 Å². The second kappa shape index (κ2) is 8.42. The van der Waals surface area contributed by atoms with Crippen molar-refractivity contribution in [3.05, 3.63) is 88.8 Å². The molecular weight excluding hydrogens is 412 g/mol. The number of urea groups is 1. The molecule has 0 aliphatic carbocycles. The second-order valence-corrected chi connectivity index (χ2v) is 7.99. The molecular formula is C23H18N4O3S. The molecule has 4 amide bonds. The minimum Gasteiger partial charge on any atom is -0.319 e. The summed E-state index contributed by atoms with van der Waals surface area (Å²) in [5.41, 5.74) is 0.549. The number of benzene rings is 2. The van der Waals surface area contributed by atoms with Crippen LogP contribution in [0.5, 0.6) is 0 Å². The first-order chi connectivity index (χ1) is 15.0. The first-order valence-corrected chi connectivity index (χ1v) is 10.4. The van der Waals surface area contributed by atoms with Crippen LogP contribution in [0.3, 0.4) is 0 Å². The predicted octanol–water partition coefficient (Wildman–Crippen LogP) is 3.25. The molecule has 1 unspecified atom stereocenters. The molecule has 1 fully saturated rings. The topological polar surface area (TPSA) is 102 Å². The van der Waals surface area contributed by atoms with Crippen LogP contribution < -0.4 is 10.6 Å². The first kappa shape index (κ1) is 20.3. The SMILES string of the molecule is N#Cc1ccsc1NC(=O)CN1C(=O)NC(Cc2ccccc2)(c2ccccc2)C1=O. The van der Waals surface area contributed by atoms with Crippen LogP contribution in [0.1, 0.15) is 16.7 Å². The van der Waals surface area contributed by atoms with E-state index in [4.69, 9.17) is 5.26 Å². The van der Waals surface area contributed by atoms with Crippen LogP contribution in [-0.4, -0.2) is 29.3 Å². The monoisotopic (exact) mass is 430 g/mol. The van der Waals surface area contributed by atoms with Crippen LogP contribution in [0.25, 0.3) is 0 Å². The Labute approximate surface area is 182 Å². The Morgan fingerprint density at radius 1 is 1.06 bits per heavy atom. The number of hydrogen-bond acceptors (Lipinski definition) is 5. The van der Waals surface area contributed by atoms with Gasteiger partial charge in [0.25, 0.3) is 5.91 Å². The average Bonchev–Trinajstić information content (AvgIpc) is 3.33. The lowest BCUT2D eigenvalue weighted by atomic mass is 9.83. The number of carbonyl (C=O) groups is 3. The number of nitrogens with one attached hydrogen (secondary N) is 2. The molecule has 31 heavy (non-hydrogen) atoms. The zero-order chi connectivity index (χ0) is 21.8. The predicted molar refractivity (Wildman–Crippen MR) is 116 cm³/mol. The molecule has 1 saturated heterocycles. The summed E-state index contributed by atoms with van der Waals surface area (Å²) >= 11 is 1.20. The van der Waals surface area contributed by atoms with Crippen molar-refractivity contribution >= 4 is 34.2 Å². The number of carbonyl (C=O) groups excluding carboxylic acids is 3. The van der Waals surface area contributed by atoms with Gasteiger partial charge in [0.2, 0.25) is 5.91 Å². The van der Waals surface area contributed by atoms with E-state index in [1.807, 2.05) is 42.5 Å². The molecule has 0 radical (unpaired) electrons. The summed E-state index contributed by atoms with van der Waals surface area (Å²) in [6, 6.07) is 21.4. The Balaban J connectivity index is 1.61. The highest BCUT2D eigenvalue weighted by atomic mass is 32.1. The lowest BCUT2D eigenvalue weighted by Gasteiger charge is -2.27. The molecule has 4 rings (SSSR count). The van der Waals surface area contributed by atoms with Gasteiger partial charge in [0.1, 0.15) is 17.6 Å². The highest BCUT2D eigenvalue weighted by Gasteiger charge is 2.52. The Morgan fingerprint density at radius 3 is 2.42 bits per heavy atom. The standard InChI is InChI=1S/C23H18N4O3S/c24-14-17-11-12-31-20(17)25-19(28)15-27-21(29)23(26-22(27)30,18-9-5-2-6-10-18)13-16-7-3-1-4-8-16/h1-12H,13,15H2,(H,25,28)(H,26,30). The van der Waals surface area contributed by atoms with Crippen LogP contribution in [0, 0.1) is 11.3 Å². The van der Waals surface area contributed by atoms with Crippen molar-refractivity contribution in [3.63, 3.8) is 0 Å². The lowest BCUT2D eigenvalue weighted by molar-refractivity contribution is -0.134. The van der Waals surface area contributed by atoms with Gasteiger partial charge in [0, 0.05) is 6.42 Å².